The Kier molecular flexibility index (Phi) is 17.4. The third-order valence-electron chi connectivity index (χ3n) is 5.33. The highest BCUT2D eigenvalue weighted by atomic mass is 16.5. The van der Waals surface area contributed by atoms with Crippen LogP contribution in [0, 0.1) is 0 Å². The molecule has 1 aromatic rings. The predicted molar refractivity (Wildman–Crippen MR) is 130 cm³/mol. The van der Waals surface area contributed by atoms with Crippen molar-refractivity contribution in [3.63, 3.8) is 0 Å². The number of allylic oxidation sites excluding steroid dienone is 2. The zero-order chi connectivity index (χ0) is 23.3. The molecular weight excluding hydrogens is 404 g/mol. The fourth-order valence-corrected chi connectivity index (χ4v) is 3.40. The van der Waals surface area contributed by atoms with E-state index < -0.39 is 6.10 Å². The van der Waals surface area contributed by atoms with Gasteiger partial charge in [0.05, 0.1) is 6.61 Å². The van der Waals surface area contributed by atoms with Crippen LogP contribution in [0.2, 0.25) is 0 Å². The van der Waals surface area contributed by atoms with Gasteiger partial charge in [-0.15, -0.1) is 0 Å². The fourth-order valence-electron chi connectivity index (χ4n) is 3.40. The lowest BCUT2D eigenvalue weighted by atomic mass is 10.1. The number of hydrogen-bond acceptors (Lipinski definition) is 5. The van der Waals surface area contributed by atoms with Gasteiger partial charge in [-0.05, 0) is 44.2 Å². The Morgan fingerprint density at radius 1 is 0.906 bits per heavy atom. The van der Waals surface area contributed by atoms with Crippen LogP contribution in [0.25, 0.3) is 0 Å². The number of benzene rings is 1. The Morgan fingerprint density at radius 3 is 2.16 bits per heavy atom. The maximum atomic E-state index is 12.0. The smallest absolute Gasteiger partial charge is 0.311 e. The first-order valence-corrected chi connectivity index (χ1v) is 12.5. The van der Waals surface area contributed by atoms with Crippen LogP contribution in [0.4, 0.5) is 0 Å². The van der Waals surface area contributed by atoms with Crippen LogP contribution in [0.5, 0.6) is 11.5 Å². The Hall–Kier alpha value is -1.85. The summed E-state index contributed by atoms with van der Waals surface area (Å²) < 4.78 is 10.7. The van der Waals surface area contributed by atoms with Gasteiger partial charge in [-0.2, -0.15) is 0 Å². The fraction of sp³-hybridized carbons (Fsp3) is 0.667. The average Bonchev–Trinajstić information content (AvgIpc) is 2.80. The van der Waals surface area contributed by atoms with E-state index in [4.69, 9.17) is 14.6 Å². The molecule has 0 radical (unpaired) electrons. The van der Waals surface area contributed by atoms with Crippen molar-refractivity contribution in [3.05, 3.63) is 36.4 Å². The minimum Gasteiger partial charge on any atom is -0.491 e. The SMILES string of the molecule is CCCCCCCCC=CCCCCCCCC(=O)Oc1cccc(OCC(O)CO)c1. The normalized spacial score (nSPS) is 12.2. The second-order valence-corrected chi connectivity index (χ2v) is 8.43. The number of esters is 1. The van der Waals surface area contributed by atoms with Gasteiger partial charge in [0.15, 0.2) is 0 Å². The highest BCUT2D eigenvalue weighted by Gasteiger charge is 2.07. The van der Waals surface area contributed by atoms with Crippen molar-refractivity contribution in [1.82, 2.24) is 0 Å². The first kappa shape index (κ1) is 28.2. The lowest BCUT2D eigenvalue weighted by Crippen LogP contribution is -2.21. The molecule has 0 saturated carbocycles. The molecule has 2 N–H and O–H groups in total. The van der Waals surface area contributed by atoms with Crippen LogP contribution in [0.15, 0.2) is 36.4 Å². The molecule has 0 fully saturated rings. The van der Waals surface area contributed by atoms with Gasteiger partial charge < -0.3 is 19.7 Å². The first-order valence-electron chi connectivity index (χ1n) is 12.5. The van der Waals surface area contributed by atoms with Gasteiger partial charge in [-0.25, -0.2) is 0 Å². The van der Waals surface area contributed by atoms with Gasteiger partial charge in [-0.3, -0.25) is 4.79 Å². The van der Waals surface area contributed by atoms with E-state index in [9.17, 15) is 9.90 Å². The molecule has 5 heteroatoms. The van der Waals surface area contributed by atoms with E-state index in [1.54, 1.807) is 24.3 Å². The minimum absolute atomic E-state index is 0.0111. The van der Waals surface area contributed by atoms with Crippen molar-refractivity contribution in [1.29, 1.82) is 0 Å². The van der Waals surface area contributed by atoms with E-state index in [-0.39, 0.29) is 19.2 Å². The molecule has 0 saturated heterocycles. The van der Waals surface area contributed by atoms with Crippen LogP contribution >= 0.6 is 0 Å². The molecule has 1 atom stereocenters. The Balaban J connectivity index is 2.00. The second kappa shape index (κ2) is 19.8. The number of aliphatic hydroxyl groups excluding tert-OH is 2. The first-order chi connectivity index (χ1) is 15.7. The number of ether oxygens (including phenoxy) is 2. The van der Waals surface area contributed by atoms with E-state index in [1.807, 2.05) is 0 Å². The van der Waals surface area contributed by atoms with Crippen LogP contribution in [0.3, 0.4) is 0 Å². The molecule has 1 aromatic carbocycles. The third-order valence-corrected chi connectivity index (χ3v) is 5.33. The molecule has 0 spiro atoms. The summed E-state index contributed by atoms with van der Waals surface area (Å²) in [5.74, 6) is 0.678. The van der Waals surface area contributed by atoms with Crippen molar-refractivity contribution in [2.24, 2.45) is 0 Å². The van der Waals surface area contributed by atoms with E-state index in [1.165, 1.54) is 57.8 Å². The van der Waals surface area contributed by atoms with Crippen LogP contribution in [0.1, 0.15) is 96.8 Å². The summed E-state index contributed by atoms with van der Waals surface area (Å²) in [5.41, 5.74) is 0. The van der Waals surface area contributed by atoms with E-state index in [0.717, 1.165) is 25.7 Å². The quantitative estimate of drug-likeness (QED) is 0.105. The topological polar surface area (TPSA) is 76.0 Å². The zero-order valence-electron chi connectivity index (χ0n) is 20.0. The second-order valence-electron chi connectivity index (χ2n) is 8.43. The average molecular weight is 449 g/mol. The van der Waals surface area contributed by atoms with Crippen molar-refractivity contribution >= 4 is 5.97 Å². The molecule has 5 nitrogen and oxygen atoms in total. The van der Waals surface area contributed by atoms with E-state index in [0.29, 0.717) is 17.9 Å². The van der Waals surface area contributed by atoms with E-state index in [2.05, 4.69) is 19.1 Å². The van der Waals surface area contributed by atoms with Crippen LogP contribution in [-0.4, -0.2) is 35.5 Å². The molecule has 0 bridgehead atoms. The van der Waals surface area contributed by atoms with Gasteiger partial charge in [0.1, 0.15) is 24.2 Å². The monoisotopic (exact) mass is 448 g/mol. The minimum atomic E-state index is -0.928. The van der Waals surface area contributed by atoms with Gasteiger partial charge in [0.25, 0.3) is 0 Å². The van der Waals surface area contributed by atoms with Crippen LogP contribution in [-0.2, 0) is 4.79 Å². The maximum Gasteiger partial charge on any atom is 0.311 e. The maximum absolute atomic E-state index is 12.0. The molecule has 0 aliphatic heterocycles. The molecular formula is C27H44O5. The molecule has 0 aliphatic rings. The van der Waals surface area contributed by atoms with E-state index >= 15 is 0 Å². The highest BCUT2D eigenvalue weighted by molar-refractivity contribution is 5.72. The summed E-state index contributed by atoms with van der Waals surface area (Å²) in [7, 11) is 0. The van der Waals surface area contributed by atoms with Crippen molar-refractivity contribution in [2.75, 3.05) is 13.2 Å². The summed E-state index contributed by atoms with van der Waals surface area (Å²) in [6.45, 7) is 1.89. The Labute approximate surface area is 194 Å². The summed E-state index contributed by atoms with van der Waals surface area (Å²) >= 11 is 0. The number of carbonyl (C=O) groups is 1. The summed E-state index contributed by atoms with van der Waals surface area (Å²) in [6, 6.07) is 6.76. The largest absolute Gasteiger partial charge is 0.491 e. The van der Waals surface area contributed by atoms with Gasteiger partial charge >= 0.3 is 5.97 Å². The number of aliphatic hydroxyl groups is 2. The lowest BCUT2D eigenvalue weighted by Gasteiger charge is -2.11. The van der Waals surface area contributed by atoms with Crippen molar-refractivity contribution in [3.8, 4) is 11.5 Å². The summed E-state index contributed by atoms with van der Waals surface area (Å²) in [6.07, 6.45) is 20.1. The zero-order valence-corrected chi connectivity index (χ0v) is 20.0. The molecule has 32 heavy (non-hydrogen) atoms. The Bertz CT molecular complexity index is 614. The molecule has 1 unspecified atom stereocenters. The van der Waals surface area contributed by atoms with Crippen molar-refractivity contribution < 1.29 is 24.5 Å². The van der Waals surface area contributed by atoms with Gasteiger partial charge in [-0.1, -0.05) is 76.5 Å². The number of hydrogen-bond donors (Lipinski definition) is 2. The number of carbonyl (C=O) groups excluding carboxylic acids is 1. The number of unbranched alkanes of at least 4 members (excludes halogenated alkanes) is 11. The molecule has 0 aliphatic carbocycles. The highest BCUT2D eigenvalue weighted by Crippen LogP contribution is 2.20. The van der Waals surface area contributed by atoms with Crippen LogP contribution < -0.4 is 9.47 Å². The number of rotatable bonds is 20. The standard InChI is InChI=1S/C27H44O5/c1-2-3-4-5-6-7-8-9-10-11-12-13-14-15-16-20-27(30)32-26-19-17-18-25(21-26)31-23-24(29)22-28/h9-10,17-19,21,24,28-29H,2-8,11-16,20,22-23H2,1H3. The Morgan fingerprint density at radius 2 is 1.50 bits per heavy atom. The summed E-state index contributed by atoms with van der Waals surface area (Å²) in [4.78, 5) is 12.0. The van der Waals surface area contributed by atoms with Gasteiger partial charge in [0, 0.05) is 12.5 Å². The molecule has 1 rings (SSSR count). The predicted octanol–water partition coefficient (Wildman–Crippen LogP) is 6.36. The molecule has 0 amide bonds. The molecule has 182 valence electrons. The summed E-state index contributed by atoms with van der Waals surface area (Å²) in [5, 5.41) is 18.1. The van der Waals surface area contributed by atoms with Gasteiger partial charge in [0.2, 0.25) is 0 Å². The molecule has 0 aromatic heterocycles. The molecule has 0 heterocycles. The van der Waals surface area contributed by atoms with Crippen molar-refractivity contribution in [2.45, 2.75) is 103 Å². The lowest BCUT2D eigenvalue weighted by molar-refractivity contribution is -0.134. The third kappa shape index (κ3) is 15.9.